The Kier molecular flexibility index (Phi) is 17.2. The summed E-state index contributed by atoms with van der Waals surface area (Å²) < 4.78 is 52.8. The van der Waals surface area contributed by atoms with Gasteiger partial charge in [0.2, 0.25) is 21.7 Å². The second kappa shape index (κ2) is 22.3. The Balaban J connectivity index is 1.55. The maximum absolute atomic E-state index is 15.2. The fourth-order valence-corrected chi connectivity index (χ4v) is 11.9. The first-order valence-corrected chi connectivity index (χ1v) is 25.2. The molecule has 1 saturated carbocycles. The summed E-state index contributed by atoms with van der Waals surface area (Å²) in [5, 5.41) is 27.5. The largest absolute Gasteiger partial charge is 0.493 e. The molecule has 3 aliphatic rings. The van der Waals surface area contributed by atoms with Gasteiger partial charge in [0, 0.05) is 60.9 Å². The van der Waals surface area contributed by atoms with Crippen molar-refractivity contribution in [3.8, 4) is 11.5 Å². The number of aliphatic hydroxyl groups is 2. The number of sulfonamides is 1. The molecule has 348 valence electrons. The number of hydrogen-bond acceptors (Lipinski definition) is 11. The molecule has 3 aromatic carbocycles. The summed E-state index contributed by atoms with van der Waals surface area (Å²) in [6, 6.07) is 21.4. The fourth-order valence-electron chi connectivity index (χ4n) is 9.45. The number of allylic oxidation sites excluding steroid dienone is 1. The third-order valence-electron chi connectivity index (χ3n) is 12.0. The Labute approximate surface area is 384 Å². The number of unbranched alkanes of at least 4 members (excludes halogenated alkanes) is 2. The van der Waals surface area contributed by atoms with E-state index < -0.39 is 33.4 Å². The van der Waals surface area contributed by atoms with Gasteiger partial charge in [0.15, 0.2) is 0 Å². The monoisotopic (exact) mass is 917 g/mol. The first-order valence-electron chi connectivity index (χ1n) is 22.7. The van der Waals surface area contributed by atoms with Gasteiger partial charge in [0.1, 0.15) is 17.1 Å². The third kappa shape index (κ3) is 11.6. The summed E-state index contributed by atoms with van der Waals surface area (Å²) >= 11 is 1.73. The molecule has 0 spiro atoms. The molecule has 0 bridgehead atoms. The van der Waals surface area contributed by atoms with Crippen molar-refractivity contribution in [2.24, 2.45) is 22.9 Å². The smallest absolute Gasteiger partial charge is 0.243 e. The van der Waals surface area contributed by atoms with Crippen LogP contribution in [0.25, 0.3) is 0 Å². The lowest BCUT2D eigenvalue weighted by atomic mass is 9.55. The van der Waals surface area contributed by atoms with Crippen LogP contribution in [0.2, 0.25) is 0 Å². The van der Waals surface area contributed by atoms with Gasteiger partial charge in [-0.05, 0) is 125 Å². The maximum atomic E-state index is 15.2. The van der Waals surface area contributed by atoms with Gasteiger partial charge in [0.05, 0.1) is 35.8 Å². The van der Waals surface area contributed by atoms with Crippen molar-refractivity contribution in [3.63, 3.8) is 0 Å². The molecule has 0 saturated heterocycles. The topological polar surface area (TPSA) is 156 Å². The van der Waals surface area contributed by atoms with Crippen molar-refractivity contribution in [2.75, 3.05) is 44.0 Å². The van der Waals surface area contributed by atoms with Crippen molar-refractivity contribution in [3.05, 3.63) is 103 Å². The molecule has 1 fully saturated rings. The number of amides is 1. The number of aliphatic hydroxyl groups excluding tert-OH is 2. The zero-order chi connectivity index (χ0) is 45.9. The van der Waals surface area contributed by atoms with Crippen LogP contribution in [0, 0.1) is 17.8 Å². The molecule has 6 rings (SSSR count). The number of ether oxygens (including phenoxy) is 3. The van der Waals surface area contributed by atoms with Gasteiger partial charge in [-0.1, -0.05) is 55.3 Å². The zero-order valence-electron chi connectivity index (χ0n) is 38.0. The van der Waals surface area contributed by atoms with E-state index in [1.807, 2.05) is 58.0 Å². The molecule has 1 aliphatic heterocycles. The predicted molar refractivity (Wildman–Crippen MR) is 253 cm³/mol. The Morgan fingerprint density at radius 3 is 2.41 bits per heavy atom. The highest BCUT2D eigenvalue weighted by molar-refractivity contribution is 7.99. The van der Waals surface area contributed by atoms with E-state index >= 15 is 8.42 Å². The van der Waals surface area contributed by atoms with Crippen LogP contribution >= 0.6 is 11.8 Å². The first-order chi connectivity index (χ1) is 30.8. The summed E-state index contributed by atoms with van der Waals surface area (Å²) in [6.07, 6.45) is 9.04. The van der Waals surface area contributed by atoms with Crippen LogP contribution in [0.5, 0.6) is 11.5 Å². The highest BCUT2D eigenvalue weighted by Crippen LogP contribution is 2.62. The van der Waals surface area contributed by atoms with Gasteiger partial charge in [-0.15, -0.1) is 18.3 Å². The van der Waals surface area contributed by atoms with Crippen molar-refractivity contribution in [2.45, 2.75) is 119 Å². The molecule has 1 amide bonds. The molecule has 64 heavy (non-hydrogen) atoms. The number of benzene rings is 3. The van der Waals surface area contributed by atoms with Gasteiger partial charge in [-0.3, -0.25) is 4.79 Å². The van der Waals surface area contributed by atoms with Gasteiger partial charge >= 0.3 is 0 Å². The van der Waals surface area contributed by atoms with E-state index in [2.05, 4.69) is 36.2 Å². The number of oxime groups is 1. The molecule has 12 nitrogen and oxygen atoms in total. The van der Waals surface area contributed by atoms with Crippen LogP contribution in [0.3, 0.4) is 0 Å². The second-order valence-electron chi connectivity index (χ2n) is 17.8. The molecule has 0 aromatic heterocycles. The average Bonchev–Trinajstić information content (AvgIpc) is 3.27. The van der Waals surface area contributed by atoms with Crippen molar-refractivity contribution < 1.29 is 42.5 Å². The number of carbonyl (C=O) groups is 1. The molecule has 0 unspecified atom stereocenters. The molecule has 3 aromatic rings. The van der Waals surface area contributed by atoms with E-state index in [9.17, 15) is 15.0 Å². The zero-order valence-corrected chi connectivity index (χ0v) is 39.7. The first kappa shape index (κ1) is 49.3. The second-order valence-corrected chi connectivity index (χ2v) is 20.9. The molecule has 3 N–H and O–H groups in total. The molecule has 6 atom stereocenters. The summed E-state index contributed by atoms with van der Waals surface area (Å²) in [5.41, 5.74) is 2.30. The van der Waals surface area contributed by atoms with Crippen molar-refractivity contribution in [1.29, 1.82) is 0 Å². The molecular weight excluding hydrogens is 851 g/mol. The van der Waals surface area contributed by atoms with Crippen LogP contribution in [0.1, 0.15) is 97.5 Å². The molecular formula is C50H67N3O9S2. The quantitative estimate of drug-likeness (QED) is 0.0363. The minimum atomic E-state index is -4.24. The predicted octanol–water partition coefficient (Wildman–Crippen LogP) is 9.35. The summed E-state index contributed by atoms with van der Waals surface area (Å²) in [6.45, 7) is 14.0. The van der Waals surface area contributed by atoms with Crippen LogP contribution < -0.4 is 14.8 Å². The van der Waals surface area contributed by atoms with Crippen molar-refractivity contribution in [1.82, 2.24) is 4.31 Å². The molecule has 2 aliphatic carbocycles. The van der Waals surface area contributed by atoms with Gasteiger partial charge in [0.25, 0.3) is 0 Å². The minimum absolute atomic E-state index is 0.0123. The standard InChI is InChI=1S/C50H67N3O9S2/c1-7-26-53(64(57,58)40-23-20-37(21-24-40)51-35(3)56)46-34-44(52-62-49(4,5)6)42-32-36(16-12-14-27-54)41(19-13-15-28-55)47-43-33-38(59-30-31-63-39-17-10-9-11-18-39)22-25-45(43)61-50(46,48(42)47)60-29-8-2/h8-11,17-18,20-25,32-33,36,41,46-48,54-55H,2,7,12-16,19,26-31,34H2,1,3-6H3,(H,51,56)/t36-,41+,46-,47+,48+,50+/m0/s1. The van der Waals surface area contributed by atoms with Crippen LogP contribution in [0.4, 0.5) is 5.69 Å². The Hall–Kier alpha value is -4.18. The van der Waals surface area contributed by atoms with E-state index in [1.54, 1.807) is 30.0 Å². The van der Waals surface area contributed by atoms with Gasteiger partial charge in [-0.25, -0.2) is 8.42 Å². The minimum Gasteiger partial charge on any atom is -0.493 e. The normalized spacial score (nSPS) is 23.4. The number of nitrogens with one attached hydrogen (secondary N) is 1. The highest BCUT2D eigenvalue weighted by Gasteiger charge is 2.66. The number of nitrogens with zero attached hydrogens (tertiary/aromatic N) is 2. The van der Waals surface area contributed by atoms with Crippen LogP contribution in [-0.2, 0) is 24.4 Å². The SMILES string of the molecule is C=CCO[C@@]12Oc3ccc(OCCSc4ccccc4)cc3[C@H]3[C@H](CCCCO)[C@@H](CCCCO)C=C(C(=NOC(C)(C)C)C[C@@H]1N(CCC)S(=O)(=O)c1ccc(NC(C)=O)cc1)[C@H]32. The highest BCUT2D eigenvalue weighted by atomic mass is 32.2. The van der Waals surface area contributed by atoms with Crippen LogP contribution in [0.15, 0.2) is 112 Å². The van der Waals surface area contributed by atoms with Crippen LogP contribution in [-0.4, -0.2) is 90.7 Å². The van der Waals surface area contributed by atoms with Crippen molar-refractivity contribution >= 4 is 39.1 Å². The molecule has 14 heteroatoms. The number of carbonyl (C=O) groups excluding carboxylic acids is 1. The van der Waals surface area contributed by atoms with E-state index in [4.69, 9.17) is 24.2 Å². The number of rotatable bonds is 23. The Morgan fingerprint density at radius 2 is 1.75 bits per heavy atom. The number of fused-ring (bicyclic) bond motifs is 2. The average molecular weight is 918 g/mol. The number of thioether (sulfide) groups is 1. The molecule has 0 radical (unpaired) electrons. The summed E-state index contributed by atoms with van der Waals surface area (Å²) in [5.74, 6) is -0.549. The molecule has 1 heterocycles. The summed E-state index contributed by atoms with van der Waals surface area (Å²) in [4.78, 5) is 19.3. The number of hydrogen-bond donors (Lipinski definition) is 3. The fraction of sp³-hybridized carbons (Fsp3) is 0.520. The van der Waals surface area contributed by atoms with Gasteiger partial charge < -0.3 is 34.6 Å². The van der Waals surface area contributed by atoms with Gasteiger partial charge in [-0.2, -0.15) is 4.31 Å². The Morgan fingerprint density at radius 1 is 1.03 bits per heavy atom. The van der Waals surface area contributed by atoms with E-state index in [-0.39, 0.29) is 61.3 Å². The summed E-state index contributed by atoms with van der Waals surface area (Å²) in [7, 11) is -4.24. The lowest BCUT2D eigenvalue weighted by Crippen LogP contribution is -2.70. The third-order valence-corrected chi connectivity index (χ3v) is 14.9. The van der Waals surface area contributed by atoms with E-state index in [0.29, 0.717) is 48.8 Å². The number of anilines is 1. The Bertz CT molecular complexity index is 2190. The van der Waals surface area contributed by atoms with E-state index in [0.717, 1.165) is 42.6 Å². The van der Waals surface area contributed by atoms with E-state index in [1.165, 1.54) is 28.3 Å². The lowest BCUT2D eigenvalue weighted by Gasteiger charge is -2.59. The lowest BCUT2D eigenvalue weighted by molar-refractivity contribution is -0.251. The maximum Gasteiger partial charge on any atom is 0.243 e.